The molecule has 3 nitrogen and oxygen atoms in total. The van der Waals surface area contributed by atoms with Crippen LogP contribution in [-0.4, -0.2) is 12.6 Å². The predicted octanol–water partition coefficient (Wildman–Crippen LogP) is 2.05. The molecule has 0 aromatic rings. The van der Waals surface area contributed by atoms with E-state index in [1.807, 2.05) is 13.0 Å². The van der Waals surface area contributed by atoms with Gasteiger partial charge in [0, 0.05) is 0 Å². The first-order chi connectivity index (χ1) is 6.40. The molecule has 0 saturated carbocycles. The fourth-order valence-electron chi connectivity index (χ4n) is 0.973. The van der Waals surface area contributed by atoms with E-state index in [0.29, 0.717) is 5.92 Å². The van der Waals surface area contributed by atoms with E-state index < -0.39 is 5.91 Å². The standard InChI is InChI=1S/C11H18N2O/c1-7(2)8(3)6-9(4)10(13-5)11(12)14/h6-7H,5H2,1-4H3,(H2,12,14)/b8-6+,10-9-. The van der Waals surface area contributed by atoms with Crippen molar-refractivity contribution in [2.45, 2.75) is 27.7 Å². The summed E-state index contributed by atoms with van der Waals surface area (Å²) in [5.74, 6) is -0.0887. The molecule has 0 aromatic heterocycles. The number of aliphatic imine (C=N–C) groups is 1. The highest BCUT2D eigenvalue weighted by molar-refractivity contribution is 5.93. The van der Waals surface area contributed by atoms with E-state index >= 15 is 0 Å². The normalized spacial score (nSPS) is 13.9. The summed E-state index contributed by atoms with van der Waals surface area (Å²) in [6, 6.07) is 0. The van der Waals surface area contributed by atoms with E-state index in [0.717, 1.165) is 5.57 Å². The van der Waals surface area contributed by atoms with Crippen LogP contribution >= 0.6 is 0 Å². The Morgan fingerprint density at radius 3 is 2.21 bits per heavy atom. The van der Waals surface area contributed by atoms with Gasteiger partial charge in [-0.1, -0.05) is 25.5 Å². The molecule has 0 atom stereocenters. The van der Waals surface area contributed by atoms with Crippen molar-refractivity contribution in [3.8, 4) is 0 Å². The lowest BCUT2D eigenvalue weighted by molar-refractivity contribution is -0.114. The van der Waals surface area contributed by atoms with Gasteiger partial charge in [-0.15, -0.1) is 0 Å². The molecule has 1 amide bonds. The van der Waals surface area contributed by atoms with Gasteiger partial charge >= 0.3 is 0 Å². The Morgan fingerprint density at radius 1 is 1.43 bits per heavy atom. The zero-order chi connectivity index (χ0) is 11.3. The topological polar surface area (TPSA) is 55.4 Å². The number of rotatable bonds is 4. The molecule has 0 fully saturated rings. The molecule has 0 aliphatic rings. The highest BCUT2D eigenvalue weighted by Gasteiger charge is 2.05. The molecule has 0 unspecified atom stereocenters. The van der Waals surface area contributed by atoms with Crippen molar-refractivity contribution < 1.29 is 4.79 Å². The van der Waals surface area contributed by atoms with Crippen LogP contribution in [0.5, 0.6) is 0 Å². The zero-order valence-electron chi connectivity index (χ0n) is 9.29. The summed E-state index contributed by atoms with van der Waals surface area (Å²) in [4.78, 5) is 14.5. The van der Waals surface area contributed by atoms with Gasteiger partial charge in [0.25, 0.3) is 5.91 Å². The molecule has 0 aliphatic carbocycles. The van der Waals surface area contributed by atoms with Gasteiger partial charge in [-0.05, 0) is 32.1 Å². The number of carbonyl (C=O) groups is 1. The van der Waals surface area contributed by atoms with Crippen molar-refractivity contribution in [3.05, 3.63) is 22.9 Å². The first-order valence-corrected chi connectivity index (χ1v) is 4.55. The van der Waals surface area contributed by atoms with E-state index in [9.17, 15) is 4.79 Å². The van der Waals surface area contributed by atoms with Gasteiger partial charge in [0.15, 0.2) is 0 Å². The number of nitrogens with two attached hydrogens (primary N) is 1. The van der Waals surface area contributed by atoms with Crippen LogP contribution in [0.25, 0.3) is 0 Å². The minimum absolute atomic E-state index is 0.241. The average Bonchev–Trinajstić information content (AvgIpc) is 2.04. The highest BCUT2D eigenvalue weighted by Crippen LogP contribution is 2.14. The molecular formula is C11H18N2O. The molecule has 0 bridgehead atoms. The van der Waals surface area contributed by atoms with E-state index in [4.69, 9.17) is 5.73 Å². The lowest BCUT2D eigenvalue weighted by atomic mass is 10.0. The van der Waals surface area contributed by atoms with Gasteiger partial charge in [0.1, 0.15) is 5.70 Å². The van der Waals surface area contributed by atoms with E-state index in [1.54, 1.807) is 6.92 Å². The van der Waals surface area contributed by atoms with Gasteiger partial charge in [-0.3, -0.25) is 9.79 Å². The summed E-state index contributed by atoms with van der Waals surface area (Å²) in [5, 5.41) is 0. The van der Waals surface area contributed by atoms with Gasteiger partial charge in [-0.2, -0.15) is 0 Å². The van der Waals surface area contributed by atoms with E-state index in [-0.39, 0.29) is 5.70 Å². The molecule has 2 N–H and O–H groups in total. The Balaban J connectivity index is 5.08. The maximum Gasteiger partial charge on any atom is 0.267 e. The molecule has 0 radical (unpaired) electrons. The molecule has 14 heavy (non-hydrogen) atoms. The maximum absolute atomic E-state index is 10.9. The highest BCUT2D eigenvalue weighted by atomic mass is 16.1. The Labute approximate surface area is 85.4 Å². The van der Waals surface area contributed by atoms with Crippen molar-refractivity contribution in [2.24, 2.45) is 16.6 Å². The zero-order valence-corrected chi connectivity index (χ0v) is 9.29. The third-order valence-electron chi connectivity index (χ3n) is 2.12. The van der Waals surface area contributed by atoms with Crippen LogP contribution in [0.3, 0.4) is 0 Å². The first kappa shape index (κ1) is 12.6. The van der Waals surface area contributed by atoms with E-state index in [1.165, 1.54) is 5.57 Å². The lowest BCUT2D eigenvalue weighted by Crippen LogP contribution is -2.13. The predicted molar refractivity (Wildman–Crippen MR) is 60.0 cm³/mol. The molecule has 3 heteroatoms. The van der Waals surface area contributed by atoms with Crippen molar-refractivity contribution in [1.29, 1.82) is 0 Å². The number of primary amides is 1. The van der Waals surface area contributed by atoms with Crippen LogP contribution in [0.2, 0.25) is 0 Å². The molecule has 0 heterocycles. The van der Waals surface area contributed by atoms with Crippen molar-refractivity contribution >= 4 is 12.6 Å². The largest absolute Gasteiger partial charge is 0.364 e. The number of allylic oxidation sites excluding steroid dienone is 3. The Morgan fingerprint density at radius 2 is 1.93 bits per heavy atom. The summed E-state index contributed by atoms with van der Waals surface area (Å²) in [6.07, 6.45) is 1.92. The molecule has 0 aromatic carbocycles. The number of nitrogens with zero attached hydrogens (tertiary/aromatic N) is 1. The van der Waals surface area contributed by atoms with Crippen LogP contribution in [0.1, 0.15) is 27.7 Å². The van der Waals surface area contributed by atoms with Crippen LogP contribution in [0.4, 0.5) is 0 Å². The summed E-state index contributed by atoms with van der Waals surface area (Å²) in [5.41, 5.74) is 7.33. The third kappa shape index (κ3) is 3.56. The fraction of sp³-hybridized carbons (Fsp3) is 0.455. The second-order valence-electron chi connectivity index (χ2n) is 3.60. The number of hydrogen-bond acceptors (Lipinski definition) is 2. The molecule has 0 aliphatic heterocycles. The summed E-state index contributed by atoms with van der Waals surface area (Å²) in [6.45, 7) is 11.3. The second-order valence-corrected chi connectivity index (χ2v) is 3.60. The number of hydrogen-bond donors (Lipinski definition) is 1. The Bertz CT molecular complexity index is 298. The minimum atomic E-state index is -0.537. The molecule has 0 rings (SSSR count). The minimum Gasteiger partial charge on any atom is -0.364 e. The molecular weight excluding hydrogens is 176 g/mol. The van der Waals surface area contributed by atoms with Crippen LogP contribution in [0, 0.1) is 5.92 Å². The maximum atomic E-state index is 10.9. The van der Waals surface area contributed by atoms with Crippen LogP contribution in [-0.2, 0) is 4.79 Å². The van der Waals surface area contributed by atoms with Crippen molar-refractivity contribution in [3.63, 3.8) is 0 Å². The SMILES string of the molecule is C=N/C(C(N)=O)=C(C)\C=C(/C)C(C)C. The Hall–Kier alpha value is -1.38. The molecule has 0 spiro atoms. The van der Waals surface area contributed by atoms with Gasteiger partial charge in [0.05, 0.1) is 0 Å². The summed E-state index contributed by atoms with van der Waals surface area (Å²) >= 11 is 0. The lowest BCUT2D eigenvalue weighted by Gasteiger charge is -2.06. The van der Waals surface area contributed by atoms with Crippen LogP contribution in [0.15, 0.2) is 27.9 Å². The van der Waals surface area contributed by atoms with Gasteiger partial charge in [0.2, 0.25) is 0 Å². The Kier molecular flexibility index (Phi) is 4.84. The molecule has 78 valence electrons. The van der Waals surface area contributed by atoms with Crippen molar-refractivity contribution in [1.82, 2.24) is 0 Å². The van der Waals surface area contributed by atoms with Crippen LogP contribution < -0.4 is 5.73 Å². The monoisotopic (exact) mass is 194 g/mol. The quantitative estimate of drug-likeness (QED) is 0.415. The average molecular weight is 194 g/mol. The first-order valence-electron chi connectivity index (χ1n) is 4.55. The van der Waals surface area contributed by atoms with Crippen molar-refractivity contribution in [2.75, 3.05) is 0 Å². The number of amides is 1. The van der Waals surface area contributed by atoms with Gasteiger partial charge in [-0.25, -0.2) is 0 Å². The van der Waals surface area contributed by atoms with Gasteiger partial charge < -0.3 is 5.73 Å². The number of carbonyl (C=O) groups excluding carboxylic acids is 1. The van der Waals surface area contributed by atoms with E-state index in [2.05, 4.69) is 25.6 Å². The molecule has 0 saturated heterocycles. The smallest absolute Gasteiger partial charge is 0.267 e. The fourth-order valence-corrected chi connectivity index (χ4v) is 0.973. The summed E-state index contributed by atoms with van der Waals surface area (Å²) < 4.78 is 0. The summed E-state index contributed by atoms with van der Waals surface area (Å²) in [7, 11) is 0. The third-order valence-corrected chi connectivity index (χ3v) is 2.12. The second kappa shape index (κ2) is 5.37.